The minimum Gasteiger partial charge on any atom is -0.490 e. The van der Waals surface area contributed by atoms with Gasteiger partial charge in [-0.2, -0.15) is 0 Å². The number of nitrogens with one attached hydrogen (secondary N) is 1. The Bertz CT molecular complexity index is 796. The van der Waals surface area contributed by atoms with Gasteiger partial charge < -0.3 is 14.8 Å². The van der Waals surface area contributed by atoms with Gasteiger partial charge in [-0.3, -0.25) is 4.79 Å². The molecule has 148 valence electrons. The highest BCUT2D eigenvalue weighted by Crippen LogP contribution is 2.30. The molecular weight excluding hydrogens is 378 g/mol. The van der Waals surface area contributed by atoms with Gasteiger partial charge >= 0.3 is 5.97 Å². The first kappa shape index (κ1) is 20.2. The molecule has 0 radical (unpaired) electrons. The molecule has 1 amide bonds. The summed E-state index contributed by atoms with van der Waals surface area (Å²) < 4.78 is 10.7. The van der Waals surface area contributed by atoms with E-state index in [1.165, 1.54) is 7.11 Å². The van der Waals surface area contributed by atoms with Crippen LogP contribution < -0.4 is 10.1 Å². The van der Waals surface area contributed by atoms with Crippen LogP contribution in [0.4, 0.5) is 5.69 Å². The normalized spacial score (nSPS) is 18.9. The van der Waals surface area contributed by atoms with Gasteiger partial charge in [0, 0.05) is 17.1 Å². The Morgan fingerprint density at radius 1 is 1.00 bits per heavy atom. The zero-order valence-corrected chi connectivity index (χ0v) is 16.6. The molecule has 2 aromatic rings. The molecule has 0 bridgehead atoms. The zero-order chi connectivity index (χ0) is 19.9. The van der Waals surface area contributed by atoms with E-state index < -0.39 is 0 Å². The molecule has 0 saturated heterocycles. The molecule has 1 aliphatic rings. The third kappa shape index (κ3) is 5.73. The Morgan fingerprint density at radius 3 is 2.25 bits per heavy atom. The average Bonchev–Trinajstić information content (AvgIpc) is 2.71. The smallest absolute Gasteiger partial charge is 0.337 e. The lowest BCUT2D eigenvalue weighted by atomic mass is 9.85. The van der Waals surface area contributed by atoms with Crippen molar-refractivity contribution < 1.29 is 19.1 Å². The largest absolute Gasteiger partial charge is 0.490 e. The van der Waals surface area contributed by atoms with Crippen LogP contribution in [0.3, 0.4) is 0 Å². The zero-order valence-electron chi connectivity index (χ0n) is 15.8. The van der Waals surface area contributed by atoms with E-state index in [1.807, 2.05) is 0 Å². The molecule has 1 fully saturated rings. The van der Waals surface area contributed by atoms with E-state index >= 15 is 0 Å². The first-order valence-corrected chi connectivity index (χ1v) is 9.81. The van der Waals surface area contributed by atoms with Gasteiger partial charge in [0.1, 0.15) is 5.75 Å². The maximum atomic E-state index is 12.2. The number of halogens is 1. The number of hydrogen-bond acceptors (Lipinski definition) is 4. The summed E-state index contributed by atoms with van der Waals surface area (Å²) in [5.41, 5.74) is 1.27. The van der Waals surface area contributed by atoms with Crippen LogP contribution in [-0.2, 0) is 9.53 Å². The molecule has 2 aromatic carbocycles. The fraction of sp³-hybridized carbons (Fsp3) is 0.364. The Hall–Kier alpha value is -2.53. The van der Waals surface area contributed by atoms with E-state index in [0.29, 0.717) is 22.9 Å². The molecule has 28 heavy (non-hydrogen) atoms. The molecule has 0 aromatic heterocycles. The third-order valence-electron chi connectivity index (χ3n) is 4.97. The molecule has 1 N–H and O–H groups in total. The minimum atomic E-state index is -0.357. The standard InChI is InChI=1S/C22H24ClNO4/c1-27-22(26)16-4-12-20(13-5-16)28-19-10-2-15(3-11-19)14-21(25)24-18-8-6-17(23)7-9-18/h4-9,12-13,15,19H,2-3,10-11,14H2,1H3,(H,24,25)/t15-,19+. The van der Waals surface area contributed by atoms with Crippen molar-refractivity contribution >= 4 is 29.2 Å². The van der Waals surface area contributed by atoms with E-state index in [-0.39, 0.29) is 18.0 Å². The lowest BCUT2D eigenvalue weighted by Crippen LogP contribution is -2.26. The minimum absolute atomic E-state index is 0.0325. The number of carbonyl (C=O) groups excluding carboxylic acids is 2. The second-order valence-corrected chi connectivity index (χ2v) is 7.47. The van der Waals surface area contributed by atoms with Crippen molar-refractivity contribution in [1.82, 2.24) is 0 Å². The molecule has 1 aliphatic carbocycles. The molecule has 1 saturated carbocycles. The number of anilines is 1. The van der Waals surface area contributed by atoms with Crippen molar-refractivity contribution in [1.29, 1.82) is 0 Å². The van der Waals surface area contributed by atoms with Crippen LogP contribution in [0.25, 0.3) is 0 Å². The lowest BCUT2D eigenvalue weighted by Gasteiger charge is -2.28. The second kappa shape index (κ2) is 9.60. The Kier molecular flexibility index (Phi) is 6.93. The summed E-state index contributed by atoms with van der Waals surface area (Å²) in [5, 5.41) is 3.57. The van der Waals surface area contributed by atoms with Crippen molar-refractivity contribution in [3.8, 4) is 5.75 Å². The van der Waals surface area contributed by atoms with Crippen molar-refractivity contribution in [2.75, 3.05) is 12.4 Å². The number of esters is 1. The molecule has 3 rings (SSSR count). The summed E-state index contributed by atoms with van der Waals surface area (Å²) in [6.07, 6.45) is 4.40. The van der Waals surface area contributed by atoms with Gasteiger partial charge in [0.2, 0.25) is 5.91 Å². The summed E-state index contributed by atoms with van der Waals surface area (Å²) >= 11 is 5.86. The van der Waals surface area contributed by atoms with Crippen LogP contribution in [-0.4, -0.2) is 25.1 Å². The second-order valence-electron chi connectivity index (χ2n) is 7.04. The van der Waals surface area contributed by atoms with Crippen LogP contribution in [0.15, 0.2) is 48.5 Å². The van der Waals surface area contributed by atoms with Crippen LogP contribution in [0.1, 0.15) is 42.5 Å². The Balaban J connectivity index is 1.42. The Labute approximate surface area is 170 Å². The molecule has 5 nitrogen and oxygen atoms in total. The van der Waals surface area contributed by atoms with Gasteiger partial charge in [-0.05, 0) is 80.1 Å². The summed E-state index contributed by atoms with van der Waals surface area (Å²) in [7, 11) is 1.36. The number of carbonyl (C=O) groups is 2. The van der Waals surface area contributed by atoms with Crippen molar-refractivity contribution in [3.05, 3.63) is 59.1 Å². The first-order chi connectivity index (χ1) is 13.5. The number of benzene rings is 2. The highest BCUT2D eigenvalue weighted by Gasteiger charge is 2.24. The summed E-state index contributed by atoms with van der Waals surface area (Å²) in [6.45, 7) is 0. The summed E-state index contributed by atoms with van der Waals surface area (Å²) in [6, 6.07) is 14.1. The van der Waals surface area contributed by atoms with Crippen molar-refractivity contribution in [2.24, 2.45) is 5.92 Å². The number of amides is 1. The molecule has 0 aliphatic heterocycles. The monoisotopic (exact) mass is 401 g/mol. The van der Waals surface area contributed by atoms with Crippen molar-refractivity contribution in [3.63, 3.8) is 0 Å². The van der Waals surface area contributed by atoms with Gasteiger partial charge in [0.15, 0.2) is 0 Å². The molecule has 0 unspecified atom stereocenters. The molecule has 6 heteroatoms. The van der Waals surface area contributed by atoms with Crippen LogP contribution >= 0.6 is 11.6 Å². The predicted octanol–water partition coefficient (Wildman–Crippen LogP) is 5.09. The number of rotatable bonds is 6. The van der Waals surface area contributed by atoms with Gasteiger partial charge in [-0.25, -0.2) is 4.79 Å². The van der Waals surface area contributed by atoms with E-state index in [2.05, 4.69) is 5.32 Å². The summed E-state index contributed by atoms with van der Waals surface area (Å²) in [5.74, 6) is 0.791. The van der Waals surface area contributed by atoms with Crippen molar-refractivity contribution in [2.45, 2.75) is 38.2 Å². The highest BCUT2D eigenvalue weighted by molar-refractivity contribution is 6.30. The van der Waals surface area contributed by atoms with Gasteiger partial charge in [0.05, 0.1) is 18.8 Å². The third-order valence-corrected chi connectivity index (χ3v) is 5.23. The van der Waals surface area contributed by atoms with Gasteiger partial charge in [0.25, 0.3) is 0 Å². The first-order valence-electron chi connectivity index (χ1n) is 9.44. The quantitative estimate of drug-likeness (QED) is 0.684. The summed E-state index contributed by atoms with van der Waals surface area (Å²) in [4.78, 5) is 23.7. The topological polar surface area (TPSA) is 64.6 Å². The van der Waals surface area contributed by atoms with E-state index in [4.69, 9.17) is 21.1 Å². The van der Waals surface area contributed by atoms with E-state index in [9.17, 15) is 9.59 Å². The highest BCUT2D eigenvalue weighted by atomic mass is 35.5. The van der Waals surface area contributed by atoms with E-state index in [1.54, 1.807) is 48.5 Å². The van der Waals surface area contributed by atoms with Crippen LogP contribution in [0, 0.1) is 5.92 Å². The number of methoxy groups -OCH3 is 1. The SMILES string of the molecule is COC(=O)c1ccc(O[C@H]2CC[C@@H](CC(=O)Nc3ccc(Cl)cc3)CC2)cc1. The number of ether oxygens (including phenoxy) is 2. The average molecular weight is 402 g/mol. The van der Waals surface area contributed by atoms with Crippen LogP contribution in [0.5, 0.6) is 5.75 Å². The molecule has 0 atom stereocenters. The molecular formula is C22H24ClNO4. The Morgan fingerprint density at radius 2 is 1.64 bits per heavy atom. The van der Waals surface area contributed by atoms with Gasteiger partial charge in [-0.1, -0.05) is 11.6 Å². The predicted molar refractivity (Wildman–Crippen MR) is 109 cm³/mol. The van der Waals surface area contributed by atoms with Gasteiger partial charge in [-0.15, -0.1) is 0 Å². The molecule has 0 heterocycles. The number of hydrogen-bond donors (Lipinski definition) is 1. The van der Waals surface area contributed by atoms with E-state index in [0.717, 1.165) is 37.1 Å². The fourth-order valence-corrected chi connectivity index (χ4v) is 3.57. The maximum Gasteiger partial charge on any atom is 0.337 e. The maximum absolute atomic E-state index is 12.2. The fourth-order valence-electron chi connectivity index (χ4n) is 3.44. The lowest BCUT2D eigenvalue weighted by molar-refractivity contribution is -0.117. The molecule has 0 spiro atoms. The van der Waals surface area contributed by atoms with Crippen LogP contribution in [0.2, 0.25) is 5.02 Å².